The summed E-state index contributed by atoms with van der Waals surface area (Å²) in [6, 6.07) is 0. The van der Waals surface area contributed by atoms with E-state index < -0.39 is 99.3 Å². The van der Waals surface area contributed by atoms with Crippen LogP contribution in [0.5, 0.6) is 0 Å². The molecule has 2 aliphatic heterocycles. The molecule has 7 N–H and O–H groups in total. The lowest BCUT2D eigenvalue weighted by Gasteiger charge is -2.42. The number of esters is 2. The summed E-state index contributed by atoms with van der Waals surface area (Å²) < 4.78 is 33.5. The van der Waals surface area contributed by atoms with Gasteiger partial charge in [-0.1, -0.05) is 155 Å². The van der Waals surface area contributed by atoms with Gasteiger partial charge >= 0.3 is 11.9 Å². The Morgan fingerprint density at radius 2 is 0.915 bits per heavy atom. The molecule has 0 aromatic carbocycles. The zero-order valence-corrected chi connectivity index (χ0v) is 42.4. The van der Waals surface area contributed by atoms with Crippen molar-refractivity contribution < 1.29 is 73.8 Å². The number of ether oxygens (including phenoxy) is 6. The summed E-state index contributed by atoms with van der Waals surface area (Å²) in [6.45, 7) is 2.24. The molecule has 71 heavy (non-hydrogen) atoms. The van der Waals surface area contributed by atoms with Crippen LogP contribution in [0, 0.1) is 0 Å². The molecule has 0 saturated carbocycles. The minimum absolute atomic E-state index is 0.108. The molecule has 2 saturated heterocycles. The molecule has 11 atom stereocenters. The molecule has 0 aliphatic carbocycles. The Kier molecular flexibility index (Phi) is 37.1. The van der Waals surface area contributed by atoms with Crippen molar-refractivity contribution in [2.45, 2.75) is 203 Å². The van der Waals surface area contributed by atoms with Gasteiger partial charge in [0, 0.05) is 12.8 Å². The summed E-state index contributed by atoms with van der Waals surface area (Å²) in [6.07, 6.45) is 36.9. The molecule has 5 unspecified atom stereocenters. The van der Waals surface area contributed by atoms with Gasteiger partial charge in [-0.3, -0.25) is 9.59 Å². The normalized spacial score (nSPS) is 26.1. The van der Waals surface area contributed by atoms with Gasteiger partial charge in [0.2, 0.25) is 0 Å². The first-order chi connectivity index (χ1) is 34.5. The van der Waals surface area contributed by atoms with E-state index in [0.717, 1.165) is 96.3 Å². The Morgan fingerprint density at radius 3 is 1.51 bits per heavy atom. The summed E-state index contributed by atoms with van der Waals surface area (Å²) in [5.74, 6) is -1.00. The highest BCUT2D eigenvalue weighted by atomic mass is 16.7. The third-order valence-corrected chi connectivity index (χ3v) is 11.6. The van der Waals surface area contributed by atoms with Crippen LogP contribution in [0.15, 0.2) is 109 Å². The highest BCUT2D eigenvalue weighted by Crippen LogP contribution is 2.26. The zero-order valence-electron chi connectivity index (χ0n) is 42.4. The van der Waals surface area contributed by atoms with Crippen molar-refractivity contribution in [1.29, 1.82) is 0 Å². The number of carbonyl (C=O) groups excluding carboxylic acids is 2. The number of allylic oxidation sites excluding steroid dienone is 18. The van der Waals surface area contributed by atoms with E-state index in [9.17, 15) is 45.3 Å². The van der Waals surface area contributed by atoms with Crippen LogP contribution < -0.4 is 0 Å². The summed E-state index contributed by atoms with van der Waals surface area (Å²) in [4.78, 5) is 25.8. The summed E-state index contributed by atoms with van der Waals surface area (Å²) in [5, 5.41) is 72.1. The number of unbranched alkanes of at least 4 members (excludes halogenated alkanes) is 9. The third kappa shape index (κ3) is 29.5. The van der Waals surface area contributed by atoms with Crippen molar-refractivity contribution in [2.75, 3.05) is 26.4 Å². The highest BCUT2D eigenvalue weighted by molar-refractivity contribution is 5.70. The molecule has 0 amide bonds. The van der Waals surface area contributed by atoms with Crippen molar-refractivity contribution >= 4 is 11.9 Å². The molecule has 2 aliphatic rings. The number of aliphatic hydroxyl groups is 7. The van der Waals surface area contributed by atoms with E-state index >= 15 is 0 Å². The molecule has 402 valence electrons. The topological polar surface area (TPSA) is 231 Å². The lowest BCUT2D eigenvalue weighted by Crippen LogP contribution is -2.61. The van der Waals surface area contributed by atoms with Gasteiger partial charge in [0.15, 0.2) is 18.7 Å². The summed E-state index contributed by atoms with van der Waals surface area (Å²) in [7, 11) is 0. The van der Waals surface area contributed by atoms with Crippen molar-refractivity contribution in [3.63, 3.8) is 0 Å². The van der Waals surface area contributed by atoms with Gasteiger partial charge in [0.1, 0.15) is 55.4 Å². The fourth-order valence-corrected chi connectivity index (χ4v) is 7.37. The predicted molar refractivity (Wildman–Crippen MR) is 275 cm³/mol. The second kappa shape index (κ2) is 41.6. The predicted octanol–water partition coefficient (Wildman–Crippen LogP) is 7.54. The van der Waals surface area contributed by atoms with Crippen LogP contribution >= 0.6 is 0 Å². The second-order valence-corrected chi connectivity index (χ2v) is 17.7. The Hall–Kier alpha value is -3.84. The Balaban J connectivity index is 1.80. The van der Waals surface area contributed by atoms with Gasteiger partial charge in [0.25, 0.3) is 0 Å². The monoisotopic (exact) mass is 1000 g/mol. The van der Waals surface area contributed by atoms with Crippen LogP contribution in [0.3, 0.4) is 0 Å². The molecule has 0 spiro atoms. The summed E-state index contributed by atoms with van der Waals surface area (Å²) >= 11 is 0. The quantitative estimate of drug-likeness (QED) is 0.0137. The van der Waals surface area contributed by atoms with Gasteiger partial charge in [-0.25, -0.2) is 0 Å². The molecule has 15 heteroatoms. The van der Waals surface area contributed by atoms with E-state index in [1.54, 1.807) is 0 Å². The smallest absolute Gasteiger partial charge is 0.306 e. The van der Waals surface area contributed by atoms with Crippen LogP contribution in [0.4, 0.5) is 0 Å². The fraction of sp³-hybridized carbons (Fsp3) is 0.643. The SMILES string of the molecule is CC/C=C/C=C/C=C/C=C/CCCCCC(=O)OC(COC(=O)CCCCCCCC/C=C/C/C=C/C/C=C/C/C=C/C/C=C/CC)CO[C@@H]1O[C@H](CO[C@@H]2O[C@H](CO)[C@H](O)C(O)C2O)[C@H](O)C(O)C1O. The summed E-state index contributed by atoms with van der Waals surface area (Å²) in [5.41, 5.74) is 0. The first-order valence-corrected chi connectivity index (χ1v) is 26.0. The van der Waals surface area contributed by atoms with Crippen LogP contribution in [-0.4, -0.2) is 142 Å². The molecule has 0 radical (unpaired) electrons. The lowest BCUT2D eigenvalue weighted by atomic mass is 9.98. The Morgan fingerprint density at radius 1 is 0.465 bits per heavy atom. The minimum atomic E-state index is -1.78. The van der Waals surface area contributed by atoms with Crippen LogP contribution in [0.25, 0.3) is 0 Å². The first-order valence-electron chi connectivity index (χ1n) is 26.0. The first kappa shape index (κ1) is 63.3. The van der Waals surface area contributed by atoms with Gasteiger partial charge in [-0.15, -0.1) is 0 Å². The van der Waals surface area contributed by atoms with Gasteiger partial charge in [-0.2, -0.15) is 0 Å². The molecular formula is C56H88O15. The molecule has 2 fully saturated rings. The Bertz CT molecular complexity index is 1650. The number of rotatable bonds is 38. The molecule has 2 heterocycles. The molecule has 0 aromatic heterocycles. The largest absolute Gasteiger partial charge is 0.462 e. The molecule has 15 nitrogen and oxygen atoms in total. The standard InChI is InChI=1S/C56H88O15/c1-3-5-7-9-11-13-15-17-18-19-20-21-22-23-24-25-27-28-30-32-34-36-38-47(58)66-41-44(69-48(59)39-37-35-33-31-29-26-16-14-12-10-8-6-4-2)42-67-55-54(65)52(63)50(61)46(71-55)43-68-56-53(64)51(62)49(60)45(40-57)70-56/h5-8,10-14,16-18,20-21,23-24,26,29,44-46,49-57,60-65H,3-4,9,15,19,22,25,27-28,30-43H2,1-2H3/b7-5+,8-6+,12-10+,13-11+,16-14+,18-17+,21-20+,24-23+,29-26+/t44?,45-,46-,49+,50+,51?,52?,53?,54?,55-,56-/m1/s1. The molecule has 2 rings (SSSR count). The highest BCUT2D eigenvalue weighted by Gasteiger charge is 2.47. The van der Waals surface area contributed by atoms with Gasteiger partial charge in [-0.05, 0) is 77.0 Å². The number of hydrogen-bond donors (Lipinski definition) is 7. The zero-order chi connectivity index (χ0) is 51.7. The van der Waals surface area contributed by atoms with Gasteiger partial charge in [0.05, 0.1) is 19.8 Å². The van der Waals surface area contributed by atoms with Crippen LogP contribution in [0.2, 0.25) is 0 Å². The van der Waals surface area contributed by atoms with E-state index in [1.807, 2.05) is 36.5 Å². The second-order valence-electron chi connectivity index (χ2n) is 17.7. The van der Waals surface area contributed by atoms with E-state index in [4.69, 9.17) is 28.4 Å². The maximum atomic E-state index is 13.0. The average molecular weight is 1000 g/mol. The number of carbonyl (C=O) groups is 2. The Labute approximate surface area is 423 Å². The number of hydrogen-bond acceptors (Lipinski definition) is 15. The minimum Gasteiger partial charge on any atom is -0.462 e. The number of aliphatic hydroxyl groups excluding tert-OH is 7. The van der Waals surface area contributed by atoms with E-state index in [-0.39, 0.29) is 19.4 Å². The molecular weight excluding hydrogens is 913 g/mol. The maximum Gasteiger partial charge on any atom is 0.306 e. The van der Waals surface area contributed by atoms with Crippen molar-refractivity contribution in [3.8, 4) is 0 Å². The van der Waals surface area contributed by atoms with E-state index in [2.05, 4.69) is 86.8 Å². The van der Waals surface area contributed by atoms with E-state index in [1.165, 1.54) is 0 Å². The average Bonchev–Trinajstić information content (AvgIpc) is 3.36. The fourth-order valence-electron chi connectivity index (χ4n) is 7.37. The van der Waals surface area contributed by atoms with Crippen molar-refractivity contribution in [1.82, 2.24) is 0 Å². The van der Waals surface area contributed by atoms with Crippen LogP contribution in [0.1, 0.15) is 136 Å². The maximum absolute atomic E-state index is 13.0. The van der Waals surface area contributed by atoms with E-state index in [0.29, 0.717) is 12.8 Å². The van der Waals surface area contributed by atoms with Crippen molar-refractivity contribution in [3.05, 3.63) is 109 Å². The third-order valence-electron chi connectivity index (χ3n) is 11.6. The van der Waals surface area contributed by atoms with Crippen molar-refractivity contribution in [2.24, 2.45) is 0 Å². The van der Waals surface area contributed by atoms with Gasteiger partial charge < -0.3 is 64.2 Å². The lowest BCUT2D eigenvalue weighted by molar-refractivity contribution is -0.332. The molecule has 0 aromatic rings. The van der Waals surface area contributed by atoms with Crippen LogP contribution in [-0.2, 0) is 38.0 Å². The molecule has 0 bridgehead atoms.